The van der Waals surface area contributed by atoms with Crippen LogP contribution in [0, 0.1) is 0 Å². The third-order valence-corrected chi connectivity index (χ3v) is 4.48. The van der Waals surface area contributed by atoms with Gasteiger partial charge in [0.05, 0.1) is 12.2 Å². The summed E-state index contributed by atoms with van der Waals surface area (Å²) < 4.78 is 39.6. The minimum atomic E-state index is -4.42. The van der Waals surface area contributed by atoms with Crippen LogP contribution in [0.2, 0.25) is 0 Å². The van der Waals surface area contributed by atoms with Gasteiger partial charge < -0.3 is 10.3 Å². The first-order valence-electron chi connectivity index (χ1n) is 6.85. The second-order valence-electron chi connectivity index (χ2n) is 5.20. The molecule has 3 rings (SSSR count). The normalized spacial score (nSPS) is 11.8. The van der Waals surface area contributed by atoms with E-state index >= 15 is 0 Å². The third-order valence-electron chi connectivity index (χ3n) is 3.54. The molecule has 0 bridgehead atoms. The van der Waals surface area contributed by atoms with Gasteiger partial charge in [0, 0.05) is 28.1 Å². The molecule has 2 N–H and O–H groups in total. The van der Waals surface area contributed by atoms with Gasteiger partial charge >= 0.3 is 6.18 Å². The fraction of sp³-hybridized carbons (Fsp3) is 0.125. The molecule has 0 radical (unpaired) electrons. The number of nitrogens with zero attached hydrogens (tertiary/aromatic N) is 2. The molecule has 124 valence electrons. The lowest BCUT2D eigenvalue weighted by Crippen LogP contribution is -2.11. The van der Waals surface area contributed by atoms with E-state index in [1.54, 1.807) is 29.0 Å². The highest BCUT2D eigenvalue weighted by atomic mass is 32.1. The molecular weight excluding hydrogens is 339 g/mol. The number of hydrogen-bond donors (Lipinski definition) is 1. The molecule has 0 aliphatic heterocycles. The molecule has 0 saturated heterocycles. The fourth-order valence-electron chi connectivity index (χ4n) is 2.35. The van der Waals surface area contributed by atoms with E-state index < -0.39 is 17.1 Å². The van der Waals surface area contributed by atoms with Crippen molar-refractivity contribution in [1.29, 1.82) is 0 Å². The number of carbonyl (C=O) groups is 1. The van der Waals surface area contributed by atoms with Crippen LogP contribution < -0.4 is 5.73 Å². The SMILES string of the molecule is C=C(C(N)=O)c1ccc2c(ccn2Cc2csc(C(F)(F)F)n2)c1. The van der Waals surface area contributed by atoms with E-state index in [0.717, 1.165) is 10.9 Å². The minimum absolute atomic E-state index is 0.207. The average molecular weight is 351 g/mol. The van der Waals surface area contributed by atoms with Crippen LogP contribution in [0.5, 0.6) is 0 Å². The Balaban J connectivity index is 1.90. The van der Waals surface area contributed by atoms with Gasteiger partial charge in [0.25, 0.3) is 0 Å². The fourth-order valence-corrected chi connectivity index (χ4v) is 3.03. The summed E-state index contributed by atoms with van der Waals surface area (Å²) in [4.78, 5) is 14.8. The lowest BCUT2D eigenvalue weighted by molar-refractivity contribution is -0.137. The number of primary amides is 1. The number of benzene rings is 1. The van der Waals surface area contributed by atoms with E-state index in [1.165, 1.54) is 5.38 Å². The van der Waals surface area contributed by atoms with Crippen molar-refractivity contribution in [2.75, 3.05) is 0 Å². The van der Waals surface area contributed by atoms with Gasteiger partial charge in [0.1, 0.15) is 0 Å². The molecule has 0 fully saturated rings. The van der Waals surface area contributed by atoms with Gasteiger partial charge in [-0.15, -0.1) is 11.3 Å². The Morgan fingerprint density at radius 1 is 1.33 bits per heavy atom. The summed E-state index contributed by atoms with van der Waals surface area (Å²) in [6.45, 7) is 3.86. The van der Waals surface area contributed by atoms with Crippen LogP contribution in [0.15, 0.2) is 42.4 Å². The Bertz CT molecular complexity index is 940. The highest BCUT2D eigenvalue weighted by Gasteiger charge is 2.34. The van der Waals surface area contributed by atoms with Crippen LogP contribution in [0.25, 0.3) is 16.5 Å². The van der Waals surface area contributed by atoms with Crippen molar-refractivity contribution in [3.63, 3.8) is 0 Å². The first kappa shape index (κ1) is 16.3. The molecular formula is C16H12F3N3OS. The number of halogens is 3. The zero-order chi connectivity index (χ0) is 17.5. The maximum absolute atomic E-state index is 12.6. The molecule has 0 atom stereocenters. The van der Waals surface area contributed by atoms with E-state index in [4.69, 9.17) is 5.73 Å². The molecule has 0 unspecified atom stereocenters. The summed E-state index contributed by atoms with van der Waals surface area (Å²) in [6.07, 6.45) is -2.67. The van der Waals surface area contributed by atoms with Crippen LogP contribution in [-0.4, -0.2) is 15.5 Å². The van der Waals surface area contributed by atoms with Gasteiger partial charge in [0.2, 0.25) is 5.91 Å². The lowest BCUT2D eigenvalue weighted by atomic mass is 10.1. The maximum atomic E-state index is 12.6. The topological polar surface area (TPSA) is 60.9 Å². The largest absolute Gasteiger partial charge is 0.443 e. The zero-order valence-electron chi connectivity index (χ0n) is 12.3. The van der Waals surface area contributed by atoms with Crippen molar-refractivity contribution in [2.45, 2.75) is 12.7 Å². The summed E-state index contributed by atoms with van der Waals surface area (Å²) in [5.41, 5.74) is 7.19. The van der Waals surface area contributed by atoms with Crippen LogP contribution in [0.3, 0.4) is 0 Å². The summed E-state index contributed by atoms with van der Waals surface area (Å²) in [5, 5.41) is 1.38. The van der Waals surface area contributed by atoms with Gasteiger partial charge in [-0.25, -0.2) is 4.98 Å². The van der Waals surface area contributed by atoms with Crippen LogP contribution in [-0.2, 0) is 17.5 Å². The molecule has 8 heteroatoms. The molecule has 1 amide bonds. The second kappa shape index (κ2) is 5.79. The number of carbonyl (C=O) groups excluding carboxylic acids is 1. The van der Waals surface area contributed by atoms with Crippen LogP contribution in [0.4, 0.5) is 13.2 Å². The number of alkyl halides is 3. The lowest BCUT2D eigenvalue weighted by Gasteiger charge is -2.05. The average Bonchev–Trinajstić information content (AvgIpc) is 3.13. The molecule has 0 aliphatic carbocycles. The third kappa shape index (κ3) is 3.05. The van der Waals surface area contributed by atoms with Gasteiger partial charge in [0.15, 0.2) is 5.01 Å². The van der Waals surface area contributed by atoms with Crippen molar-refractivity contribution in [1.82, 2.24) is 9.55 Å². The van der Waals surface area contributed by atoms with Crippen molar-refractivity contribution in [3.8, 4) is 0 Å². The van der Waals surface area contributed by atoms with Crippen molar-refractivity contribution >= 4 is 33.7 Å². The van der Waals surface area contributed by atoms with Crippen molar-refractivity contribution < 1.29 is 18.0 Å². The molecule has 4 nitrogen and oxygen atoms in total. The highest BCUT2D eigenvalue weighted by Crippen LogP contribution is 2.32. The van der Waals surface area contributed by atoms with Crippen molar-refractivity contribution in [2.24, 2.45) is 5.73 Å². The maximum Gasteiger partial charge on any atom is 0.443 e. The molecule has 0 spiro atoms. The molecule has 3 aromatic rings. The predicted octanol–water partition coefficient (Wildman–Crippen LogP) is 3.66. The number of rotatable bonds is 4. The van der Waals surface area contributed by atoms with Gasteiger partial charge in [-0.1, -0.05) is 12.6 Å². The Labute approximate surface area is 139 Å². The van der Waals surface area contributed by atoms with E-state index in [-0.39, 0.29) is 12.1 Å². The van der Waals surface area contributed by atoms with Crippen LogP contribution >= 0.6 is 11.3 Å². The number of nitrogens with two attached hydrogens (primary N) is 1. The monoisotopic (exact) mass is 351 g/mol. The number of aromatic nitrogens is 2. The van der Waals surface area contributed by atoms with Gasteiger partial charge in [-0.3, -0.25) is 4.79 Å². The molecule has 0 saturated carbocycles. The zero-order valence-corrected chi connectivity index (χ0v) is 13.1. The minimum Gasteiger partial charge on any atom is -0.366 e. The number of fused-ring (bicyclic) bond motifs is 1. The quantitative estimate of drug-likeness (QED) is 0.729. The smallest absolute Gasteiger partial charge is 0.366 e. The Morgan fingerprint density at radius 2 is 2.08 bits per heavy atom. The van der Waals surface area contributed by atoms with E-state index in [1.807, 2.05) is 6.07 Å². The molecule has 2 heterocycles. The summed E-state index contributed by atoms with van der Waals surface area (Å²) in [5.74, 6) is -0.601. The molecule has 2 aromatic heterocycles. The Kier molecular flexibility index (Phi) is 3.92. The molecule has 0 aliphatic rings. The number of amides is 1. The van der Waals surface area contributed by atoms with Crippen molar-refractivity contribution in [3.05, 3.63) is 58.7 Å². The van der Waals surface area contributed by atoms with Crippen LogP contribution in [0.1, 0.15) is 16.3 Å². The Morgan fingerprint density at radius 3 is 2.71 bits per heavy atom. The second-order valence-corrected chi connectivity index (χ2v) is 6.06. The number of hydrogen-bond acceptors (Lipinski definition) is 3. The molecule has 1 aromatic carbocycles. The summed E-state index contributed by atoms with van der Waals surface area (Å²) >= 11 is 0.581. The first-order chi connectivity index (χ1) is 11.3. The highest BCUT2D eigenvalue weighted by molar-refractivity contribution is 7.09. The Hall–Kier alpha value is -2.61. The first-order valence-corrected chi connectivity index (χ1v) is 7.73. The number of thiazole rings is 1. The van der Waals surface area contributed by atoms with Gasteiger partial charge in [-0.05, 0) is 23.8 Å². The van der Waals surface area contributed by atoms with E-state index in [9.17, 15) is 18.0 Å². The van der Waals surface area contributed by atoms with Gasteiger partial charge in [-0.2, -0.15) is 13.2 Å². The summed E-state index contributed by atoms with van der Waals surface area (Å²) in [7, 11) is 0. The predicted molar refractivity (Wildman–Crippen MR) is 86.4 cm³/mol. The summed E-state index contributed by atoms with van der Waals surface area (Å²) in [6, 6.07) is 7.05. The van der Waals surface area contributed by atoms with E-state index in [2.05, 4.69) is 11.6 Å². The van der Waals surface area contributed by atoms with E-state index in [0.29, 0.717) is 22.6 Å². The standard InChI is InChI=1S/C16H12F3N3OS/c1-9(14(20)23)10-2-3-13-11(6-10)4-5-22(13)7-12-8-24-15(21-12)16(17,18)19/h2-6,8H,1,7H2,(H2,20,23). The molecule has 24 heavy (non-hydrogen) atoms.